The zero-order chi connectivity index (χ0) is 17.5. The highest BCUT2D eigenvalue weighted by Gasteiger charge is 2.12. The predicted octanol–water partition coefficient (Wildman–Crippen LogP) is 3.35. The van der Waals surface area contributed by atoms with E-state index in [9.17, 15) is 0 Å². The highest BCUT2D eigenvalue weighted by molar-refractivity contribution is 5.74. The first kappa shape index (κ1) is 16.8. The number of benzene rings is 2. The third-order valence-corrected chi connectivity index (χ3v) is 4.04. The number of nitrogens with two attached hydrogens (primary N) is 1. The molecule has 3 rings (SSSR count). The Balaban J connectivity index is 1.65. The molecule has 0 saturated heterocycles. The summed E-state index contributed by atoms with van der Waals surface area (Å²) in [5.74, 6) is 1.42. The first-order valence-electron chi connectivity index (χ1n) is 8.37. The molecule has 0 aliphatic carbocycles. The van der Waals surface area contributed by atoms with Gasteiger partial charge < -0.3 is 16.0 Å². The quantitative estimate of drug-likeness (QED) is 0.694. The molecule has 0 aliphatic rings. The van der Waals surface area contributed by atoms with Gasteiger partial charge in [-0.3, -0.25) is 0 Å². The van der Waals surface area contributed by atoms with E-state index in [-0.39, 0.29) is 0 Å². The summed E-state index contributed by atoms with van der Waals surface area (Å²) in [5.41, 5.74) is 9.36. The van der Waals surface area contributed by atoms with Crippen LogP contribution in [0, 0.1) is 0 Å². The molecule has 0 unspecified atom stereocenters. The van der Waals surface area contributed by atoms with Crippen molar-refractivity contribution < 1.29 is 0 Å². The van der Waals surface area contributed by atoms with Crippen LogP contribution < -0.4 is 16.0 Å². The van der Waals surface area contributed by atoms with Crippen molar-refractivity contribution >= 4 is 17.3 Å². The van der Waals surface area contributed by atoms with Crippen LogP contribution in [0.3, 0.4) is 0 Å². The molecule has 0 amide bonds. The van der Waals surface area contributed by atoms with E-state index in [4.69, 9.17) is 5.73 Å². The van der Waals surface area contributed by atoms with Crippen LogP contribution in [0.5, 0.6) is 0 Å². The molecule has 1 heterocycles. The highest BCUT2D eigenvalue weighted by Crippen LogP contribution is 2.26. The summed E-state index contributed by atoms with van der Waals surface area (Å²) in [6.07, 6.45) is 2.47. The van der Waals surface area contributed by atoms with E-state index in [1.54, 1.807) is 6.33 Å². The van der Waals surface area contributed by atoms with Crippen LogP contribution in [0.4, 0.5) is 17.3 Å². The van der Waals surface area contributed by atoms with E-state index < -0.39 is 0 Å². The molecule has 128 valence electrons. The average molecular weight is 333 g/mol. The molecule has 0 saturated carbocycles. The van der Waals surface area contributed by atoms with Crippen LogP contribution in [0.2, 0.25) is 0 Å². The molecule has 0 spiro atoms. The molecule has 2 aromatic carbocycles. The Bertz CT molecular complexity index is 790. The number of nitrogen functional groups attached to an aromatic ring is 1. The van der Waals surface area contributed by atoms with Crippen molar-refractivity contribution in [3.8, 4) is 0 Å². The van der Waals surface area contributed by atoms with Gasteiger partial charge in [-0.2, -0.15) is 0 Å². The van der Waals surface area contributed by atoms with Gasteiger partial charge in [-0.1, -0.05) is 60.7 Å². The lowest BCUT2D eigenvalue weighted by atomic mass is 10.1. The van der Waals surface area contributed by atoms with Crippen LogP contribution >= 0.6 is 0 Å². The lowest BCUT2D eigenvalue weighted by Crippen LogP contribution is -2.20. The van der Waals surface area contributed by atoms with E-state index in [0.29, 0.717) is 11.5 Å². The molecule has 5 heteroatoms. The zero-order valence-electron chi connectivity index (χ0n) is 14.4. The summed E-state index contributed by atoms with van der Waals surface area (Å²) in [6.45, 7) is 1.51. The Morgan fingerprint density at radius 3 is 2.24 bits per heavy atom. The summed E-state index contributed by atoms with van der Waals surface area (Å²) >= 11 is 0. The van der Waals surface area contributed by atoms with Gasteiger partial charge in [0.25, 0.3) is 0 Å². The molecule has 3 aromatic rings. The Morgan fingerprint density at radius 2 is 1.56 bits per heavy atom. The second-order valence-corrected chi connectivity index (χ2v) is 5.96. The Labute approximate surface area is 148 Å². The average Bonchev–Trinajstić information content (AvgIpc) is 2.65. The molecule has 0 fully saturated rings. The normalized spacial score (nSPS) is 10.4. The van der Waals surface area contributed by atoms with Crippen molar-refractivity contribution in [2.24, 2.45) is 0 Å². The molecule has 0 atom stereocenters. The van der Waals surface area contributed by atoms with Crippen molar-refractivity contribution in [1.29, 1.82) is 0 Å². The number of nitrogens with one attached hydrogen (secondary N) is 1. The topological polar surface area (TPSA) is 67.1 Å². The number of nitrogens with zero attached hydrogens (tertiary/aromatic N) is 3. The maximum absolute atomic E-state index is 6.29. The Kier molecular flexibility index (Phi) is 5.46. The number of anilines is 3. The minimum absolute atomic E-state index is 0.578. The fourth-order valence-electron chi connectivity index (χ4n) is 2.73. The van der Waals surface area contributed by atoms with Gasteiger partial charge in [-0.05, 0) is 17.5 Å². The third-order valence-electron chi connectivity index (χ3n) is 4.04. The van der Waals surface area contributed by atoms with Crippen LogP contribution in [-0.2, 0) is 13.0 Å². The van der Waals surface area contributed by atoms with E-state index in [0.717, 1.165) is 25.3 Å². The van der Waals surface area contributed by atoms with Gasteiger partial charge in [0, 0.05) is 20.1 Å². The molecular weight excluding hydrogens is 310 g/mol. The second kappa shape index (κ2) is 8.15. The highest BCUT2D eigenvalue weighted by atomic mass is 15.2. The fourth-order valence-corrected chi connectivity index (χ4v) is 2.73. The van der Waals surface area contributed by atoms with Crippen molar-refractivity contribution in [3.63, 3.8) is 0 Å². The lowest BCUT2D eigenvalue weighted by Gasteiger charge is -2.21. The SMILES string of the molecule is CN(Cc1ccccc1)c1ncnc(NCCc2ccccc2)c1N. The molecule has 3 N–H and O–H groups in total. The fraction of sp³-hybridized carbons (Fsp3) is 0.200. The largest absolute Gasteiger partial charge is 0.393 e. The number of hydrogen-bond donors (Lipinski definition) is 2. The van der Waals surface area contributed by atoms with Crippen LogP contribution in [-0.4, -0.2) is 23.6 Å². The predicted molar refractivity (Wildman–Crippen MR) is 104 cm³/mol. The van der Waals surface area contributed by atoms with Gasteiger partial charge in [-0.15, -0.1) is 0 Å². The van der Waals surface area contributed by atoms with Crippen molar-refractivity contribution in [1.82, 2.24) is 9.97 Å². The van der Waals surface area contributed by atoms with E-state index in [1.807, 2.05) is 48.3 Å². The van der Waals surface area contributed by atoms with Gasteiger partial charge in [0.1, 0.15) is 12.0 Å². The van der Waals surface area contributed by atoms with Crippen LogP contribution in [0.15, 0.2) is 67.0 Å². The van der Waals surface area contributed by atoms with Crippen molar-refractivity contribution in [2.75, 3.05) is 29.5 Å². The Morgan fingerprint density at radius 1 is 0.920 bits per heavy atom. The van der Waals surface area contributed by atoms with Gasteiger partial charge in [0.05, 0.1) is 0 Å². The standard InChI is InChI=1S/C20H23N5/c1-25(14-17-10-6-3-7-11-17)20-18(21)19(23-15-24-20)22-13-12-16-8-4-2-5-9-16/h2-11,15H,12-14,21H2,1H3,(H,22,23,24). The summed E-state index contributed by atoms with van der Waals surface area (Å²) in [4.78, 5) is 10.7. The molecule has 5 nitrogen and oxygen atoms in total. The van der Waals surface area contributed by atoms with Gasteiger partial charge in [-0.25, -0.2) is 9.97 Å². The van der Waals surface area contributed by atoms with Crippen molar-refractivity contribution in [2.45, 2.75) is 13.0 Å². The summed E-state index contributed by atoms with van der Waals surface area (Å²) in [7, 11) is 1.99. The van der Waals surface area contributed by atoms with Gasteiger partial charge >= 0.3 is 0 Å². The second-order valence-electron chi connectivity index (χ2n) is 5.96. The van der Waals surface area contributed by atoms with Gasteiger partial charge in [0.15, 0.2) is 11.6 Å². The van der Waals surface area contributed by atoms with E-state index in [2.05, 4.69) is 39.6 Å². The number of hydrogen-bond acceptors (Lipinski definition) is 5. The van der Waals surface area contributed by atoms with Crippen LogP contribution in [0.25, 0.3) is 0 Å². The maximum atomic E-state index is 6.29. The minimum Gasteiger partial charge on any atom is -0.393 e. The minimum atomic E-state index is 0.578. The lowest BCUT2D eigenvalue weighted by molar-refractivity contribution is 0.892. The maximum Gasteiger partial charge on any atom is 0.157 e. The summed E-state index contributed by atoms with van der Waals surface area (Å²) < 4.78 is 0. The molecule has 1 aromatic heterocycles. The summed E-state index contributed by atoms with van der Waals surface area (Å²) in [5, 5.41) is 3.32. The molecule has 0 bridgehead atoms. The number of aromatic nitrogens is 2. The third kappa shape index (κ3) is 4.47. The van der Waals surface area contributed by atoms with Crippen molar-refractivity contribution in [3.05, 3.63) is 78.1 Å². The number of rotatable bonds is 7. The molecule has 25 heavy (non-hydrogen) atoms. The Hall–Kier alpha value is -3.08. The first-order valence-corrected chi connectivity index (χ1v) is 8.37. The van der Waals surface area contributed by atoms with Gasteiger partial charge in [0.2, 0.25) is 0 Å². The molecule has 0 radical (unpaired) electrons. The molecule has 0 aliphatic heterocycles. The first-order chi connectivity index (χ1) is 12.2. The molecular formula is C20H23N5. The summed E-state index contributed by atoms with van der Waals surface area (Å²) in [6, 6.07) is 20.6. The zero-order valence-corrected chi connectivity index (χ0v) is 14.4. The smallest absolute Gasteiger partial charge is 0.157 e. The monoisotopic (exact) mass is 333 g/mol. The van der Waals surface area contributed by atoms with E-state index >= 15 is 0 Å². The van der Waals surface area contributed by atoms with Crippen LogP contribution in [0.1, 0.15) is 11.1 Å². The van der Waals surface area contributed by atoms with E-state index in [1.165, 1.54) is 11.1 Å².